The quantitative estimate of drug-likeness (QED) is 0.513. The van der Waals surface area contributed by atoms with E-state index in [9.17, 15) is 9.59 Å². The van der Waals surface area contributed by atoms with E-state index in [0.717, 1.165) is 0 Å². The Kier molecular flexibility index (Phi) is 2.93. The number of carbonyl (C=O) groups excluding carboxylic acids is 2. The van der Waals surface area contributed by atoms with Gasteiger partial charge in [-0.15, -0.1) is 0 Å². The number of benzene rings is 2. The summed E-state index contributed by atoms with van der Waals surface area (Å²) >= 11 is 0. The van der Waals surface area contributed by atoms with Crippen LogP contribution in [0.2, 0.25) is 0 Å². The van der Waals surface area contributed by atoms with Crippen molar-refractivity contribution in [2.24, 2.45) is 5.84 Å². The van der Waals surface area contributed by atoms with Crippen LogP contribution in [-0.2, 0) is 0 Å². The zero-order chi connectivity index (χ0) is 14.1. The third-order valence-corrected chi connectivity index (χ3v) is 3.23. The number of Topliss-reactive ketones (excluding diaryl/α,β-unsaturated/α-hetero) is 1. The molecule has 2 aromatic rings. The molecule has 0 bridgehead atoms. The second-order valence-electron chi connectivity index (χ2n) is 4.48. The van der Waals surface area contributed by atoms with Crippen LogP contribution in [-0.4, -0.2) is 11.6 Å². The van der Waals surface area contributed by atoms with E-state index < -0.39 is 0 Å². The zero-order valence-electron chi connectivity index (χ0n) is 10.6. The van der Waals surface area contributed by atoms with E-state index in [0.29, 0.717) is 16.8 Å². The van der Waals surface area contributed by atoms with Crippen molar-refractivity contribution in [1.29, 1.82) is 0 Å². The van der Waals surface area contributed by atoms with Crippen molar-refractivity contribution in [1.82, 2.24) is 0 Å². The van der Waals surface area contributed by atoms with Gasteiger partial charge >= 0.3 is 0 Å². The normalized spacial score (nSPS) is 15.6. The fourth-order valence-corrected chi connectivity index (χ4v) is 2.20. The summed E-state index contributed by atoms with van der Waals surface area (Å²) in [6, 6.07) is 15.8. The number of hydrogen-bond donors (Lipinski definition) is 1. The summed E-state index contributed by atoms with van der Waals surface area (Å²) in [5, 5.41) is 1.26. The molecule has 4 heteroatoms. The van der Waals surface area contributed by atoms with E-state index in [1.807, 2.05) is 6.07 Å². The van der Waals surface area contributed by atoms with Gasteiger partial charge in [0.1, 0.15) is 5.70 Å². The monoisotopic (exact) mass is 264 g/mol. The lowest BCUT2D eigenvalue weighted by atomic mass is 10.1. The molecular formula is C16H12N2O2. The number of rotatable bonds is 2. The van der Waals surface area contributed by atoms with Gasteiger partial charge in [0, 0.05) is 17.2 Å². The summed E-state index contributed by atoms with van der Waals surface area (Å²) in [5.41, 5.74) is 1.85. The lowest BCUT2D eigenvalue weighted by Gasteiger charge is -2.12. The van der Waals surface area contributed by atoms with Crippen LogP contribution in [0.3, 0.4) is 0 Å². The molecule has 0 radical (unpaired) electrons. The van der Waals surface area contributed by atoms with Gasteiger partial charge in [0.05, 0.1) is 5.69 Å². The number of nitrogens with two attached hydrogens (primary N) is 1. The molecule has 0 spiro atoms. The first-order valence-electron chi connectivity index (χ1n) is 6.18. The van der Waals surface area contributed by atoms with Crippen LogP contribution in [0.4, 0.5) is 5.69 Å². The molecule has 98 valence electrons. The number of fused-ring (bicyclic) bond motifs is 1. The van der Waals surface area contributed by atoms with E-state index in [4.69, 9.17) is 5.84 Å². The molecule has 0 aliphatic carbocycles. The summed E-state index contributed by atoms with van der Waals surface area (Å²) in [5.74, 6) is 5.43. The van der Waals surface area contributed by atoms with E-state index >= 15 is 0 Å². The highest BCUT2D eigenvalue weighted by atomic mass is 16.1. The fourth-order valence-electron chi connectivity index (χ4n) is 2.20. The molecule has 1 aliphatic heterocycles. The predicted octanol–water partition coefficient (Wildman–Crippen LogP) is 2.33. The molecule has 3 rings (SSSR count). The van der Waals surface area contributed by atoms with Gasteiger partial charge in [-0.3, -0.25) is 14.6 Å². The number of hydrogen-bond acceptors (Lipinski definition) is 4. The smallest absolute Gasteiger partial charge is 0.213 e. The molecule has 0 saturated carbocycles. The van der Waals surface area contributed by atoms with Crippen molar-refractivity contribution in [3.05, 3.63) is 77.5 Å². The van der Waals surface area contributed by atoms with Crippen molar-refractivity contribution in [3.8, 4) is 0 Å². The molecule has 0 saturated heterocycles. The van der Waals surface area contributed by atoms with Crippen LogP contribution in [0, 0.1) is 0 Å². The predicted molar refractivity (Wildman–Crippen MR) is 76.3 cm³/mol. The average molecular weight is 264 g/mol. The van der Waals surface area contributed by atoms with Crippen LogP contribution >= 0.6 is 0 Å². The maximum atomic E-state index is 12.2. The van der Waals surface area contributed by atoms with E-state index in [1.54, 1.807) is 48.5 Å². The van der Waals surface area contributed by atoms with Gasteiger partial charge in [-0.2, -0.15) is 0 Å². The first-order chi connectivity index (χ1) is 9.68. The topological polar surface area (TPSA) is 63.4 Å². The highest BCUT2D eigenvalue weighted by Crippen LogP contribution is 2.31. The van der Waals surface area contributed by atoms with Crippen molar-refractivity contribution in [2.45, 2.75) is 0 Å². The van der Waals surface area contributed by atoms with Gasteiger partial charge in [0.2, 0.25) is 5.78 Å². The Bertz CT molecular complexity index is 720. The van der Waals surface area contributed by atoms with Crippen LogP contribution in [0.1, 0.15) is 20.7 Å². The highest BCUT2D eigenvalue weighted by Gasteiger charge is 2.30. The van der Waals surface area contributed by atoms with E-state index in [1.165, 1.54) is 11.1 Å². The number of carbonyl (C=O) groups is 2. The Hall–Kier alpha value is -2.72. The number of ketones is 2. The third kappa shape index (κ3) is 1.92. The second kappa shape index (κ2) is 4.75. The molecule has 0 aromatic heterocycles. The lowest BCUT2D eigenvalue weighted by Crippen LogP contribution is -2.28. The maximum absolute atomic E-state index is 12.2. The summed E-state index contributed by atoms with van der Waals surface area (Å²) in [6.45, 7) is 0. The number of nitrogens with zero attached hydrogens (tertiary/aromatic N) is 1. The molecule has 1 aliphatic rings. The van der Waals surface area contributed by atoms with Crippen molar-refractivity contribution in [3.63, 3.8) is 0 Å². The number of anilines is 1. The van der Waals surface area contributed by atoms with Gasteiger partial charge in [0.15, 0.2) is 5.78 Å². The van der Waals surface area contributed by atoms with Gasteiger partial charge in [-0.05, 0) is 12.1 Å². The highest BCUT2D eigenvalue weighted by molar-refractivity contribution is 6.22. The van der Waals surface area contributed by atoms with Gasteiger partial charge in [0.25, 0.3) is 0 Å². The minimum Gasteiger partial charge on any atom is -0.289 e. The Morgan fingerprint density at radius 2 is 1.65 bits per heavy atom. The first-order valence-corrected chi connectivity index (χ1v) is 6.18. The molecule has 0 fully saturated rings. The minimum atomic E-state index is -0.239. The van der Waals surface area contributed by atoms with Crippen molar-refractivity contribution < 1.29 is 9.59 Å². The number of hydrazine groups is 1. The summed E-state index contributed by atoms with van der Waals surface area (Å²) < 4.78 is 0. The molecule has 0 atom stereocenters. The lowest BCUT2D eigenvalue weighted by molar-refractivity contribution is 0.101. The Labute approximate surface area is 116 Å². The standard InChI is InChI=1S/C16H12N2O2/c17-18-13-9-5-4-8-12(13)16(20)14(18)10-15(19)11-6-2-1-3-7-11/h1-10H,17H2/b14-10-. The van der Waals surface area contributed by atoms with Gasteiger partial charge in [-0.1, -0.05) is 42.5 Å². The van der Waals surface area contributed by atoms with E-state index in [2.05, 4.69) is 0 Å². The third-order valence-electron chi connectivity index (χ3n) is 3.23. The molecule has 0 amide bonds. The average Bonchev–Trinajstić information content (AvgIpc) is 2.74. The molecule has 20 heavy (non-hydrogen) atoms. The van der Waals surface area contributed by atoms with Crippen LogP contribution in [0.15, 0.2) is 66.4 Å². The van der Waals surface area contributed by atoms with Crippen LogP contribution in [0.5, 0.6) is 0 Å². The zero-order valence-corrected chi connectivity index (χ0v) is 10.6. The van der Waals surface area contributed by atoms with E-state index in [-0.39, 0.29) is 17.3 Å². The minimum absolute atomic E-state index is 0.194. The van der Waals surface area contributed by atoms with Crippen LogP contribution < -0.4 is 10.9 Å². The summed E-state index contributed by atoms with van der Waals surface area (Å²) in [7, 11) is 0. The SMILES string of the molecule is NN1/C(=C\C(=O)c2ccccc2)C(=O)c2ccccc21. The summed E-state index contributed by atoms with van der Waals surface area (Å²) in [4.78, 5) is 24.4. The molecule has 2 aromatic carbocycles. The van der Waals surface area contributed by atoms with Crippen molar-refractivity contribution >= 4 is 17.3 Å². The maximum Gasteiger partial charge on any atom is 0.213 e. The molecule has 0 unspecified atom stereocenters. The van der Waals surface area contributed by atoms with Crippen molar-refractivity contribution in [2.75, 3.05) is 5.01 Å². The fraction of sp³-hybridized carbons (Fsp3) is 0. The number of allylic oxidation sites excluding steroid dienone is 2. The van der Waals surface area contributed by atoms with Gasteiger partial charge < -0.3 is 0 Å². The van der Waals surface area contributed by atoms with Gasteiger partial charge in [-0.25, -0.2) is 5.84 Å². The Morgan fingerprint density at radius 1 is 1.00 bits per heavy atom. The molecule has 2 N–H and O–H groups in total. The first kappa shape index (κ1) is 12.3. The molecule has 4 nitrogen and oxygen atoms in total. The largest absolute Gasteiger partial charge is 0.289 e. The molecular weight excluding hydrogens is 252 g/mol. The Morgan fingerprint density at radius 3 is 2.35 bits per heavy atom. The summed E-state index contributed by atoms with van der Waals surface area (Å²) in [6.07, 6.45) is 1.29. The van der Waals surface area contributed by atoms with Crippen LogP contribution in [0.25, 0.3) is 0 Å². The number of para-hydroxylation sites is 1. The molecule has 1 heterocycles. The second-order valence-corrected chi connectivity index (χ2v) is 4.48. The Balaban J connectivity index is 1.99.